The summed E-state index contributed by atoms with van der Waals surface area (Å²) >= 11 is 0. The number of aryl methyl sites for hydroxylation is 1. The van der Waals surface area contributed by atoms with E-state index in [9.17, 15) is 8.42 Å². The Morgan fingerprint density at radius 1 is 1.24 bits per heavy atom. The van der Waals surface area contributed by atoms with Crippen LogP contribution in [-0.4, -0.2) is 31.1 Å². The number of nitrogens with zero attached hydrogens (tertiary/aromatic N) is 2. The molecule has 0 aliphatic carbocycles. The number of aromatic nitrogens is 2. The molecule has 0 bridgehead atoms. The van der Waals surface area contributed by atoms with E-state index < -0.39 is 10.0 Å². The largest absolute Gasteiger partial charge is 0.385 e. The molecule has 1 aromatic heterocycles. The maximum atomic E-state index is 12.2. The molecule has 2 aromatic rings. The van der Waals surface area contributed by atoms with Crippen LogP contribution < -0.4 is 10.0 Å². The molecule has 0 aliphatic heterocycles. The summed E-state index contributed by atoms with van der Waals surface area (Å²) in [5, 5.41) is 3.13. The highest BCUT2D eigenvalue weighted by molar-refractivity contribution is 7.89. The first kappa shape index (κ1) is 15.5. The van der Waals surface area contributed by atoms with Gasteiger partial charge in [0.1, 0.15) is 5.82 Å². The fourth-order valence-corrected chi connectivity index (χ4v) is 3.01. The first-order valence-electron chi connectivity index (χ1n) is 6.82. The minimum Gasteiger partial charge on any atom is -0.385 e. The van der Waals surface area contributed by atoms with Gasteiger partial charge in [0.05, 0.1) is 4.90 Å². The van der Waals surface area contributed by atoms with E-state index >= 15 is 0 Å². The van der Waals surface area contributed by atoms with Crippen molar-refractivity contribution in [1.82, 2.24) is 14.3 Å². The summed E-state index contributed by atoms with van der Waals surface area (Å²) in [4.78, 5) is 4.43. The summed E-state index contributed by atoms with van der Waals surface area (Å²) in [7, 11) is -1.59. The average molecular weight is 308 g/mol. The number of sulfonamides is 1. The highest BCUT2D eigenvalue weighted by Gasteiger charge is 2.13. The lowest BCUT2D eigenvalue weighted by molar-refractivity contribution is 0.580. The molecular formula is C14H20N4O2S. The lowest BCUT2D eigenvalue weighted by Gasteiger charge is -2.08. The molecule has 7 heteroatoms. The van der Waals surface area contributed by atoms with E-state index in [1.807, 2.05) is 24.7 Å². The number of nitrogens with one attached hydrogen (secondary N) is 2. The Bertz CT molecular complexity index is 677. The van der Waals surface area contributed by atoms with Gasteiger partial charge in [-0.3, -0.25) is 0 Å². The number of anilines is 1. The molecule has 1 heterocycles. The Morgan fingerprint density at radius 3 is 2.52 bits per heavy atom. The molecule has 0 unspecified atom stereocenters. The molecule has 0 aliphatic rings. The Hall–Kier alpha value is -1.86. The predicted octanol–water partition coefficient (Wildman–Crippen LogP) is 1.37. The van der Waals surface area contributed by atoms with E-state index in [1.54, 1.807) is 30.5 Å². The normalized spacial score (nSPS) is 11.5. The van der Waals surface area contributed by atoms with Crippen LogP contribution in [0.2, 0.25) is 0 Å². The molecule has 2 rings (SSSR count). The monoisotopic (exact) mass is 308 g/mol. The maximum Gasteiger partial charge on any atom is 0.240 e. The van der Waals surface area contributed by atoms with Gasteiger partial charge < -0.3 is 9.88 Å². The molecular weight excluding hydrogens is 288 g/mol. The second-order valence-electron chi connectivity index (χ2n) is 4.66. The van der Waals surface area contributed by atoms with Crippen molar-refractivity contribution in [1.29, 1.82) is 0 Å². The lowest BCUT2D eigenvalue weighted by atomic mass is 10.3. The van der Waals surface area contributed by atoms with Gasteiger partial charge >= 0.3 is 0 Å². The molecule has 6 nitrogen and oxygen atoms in total. The number of rotatable bonds is 7. The van der Waals surface area contributed by atoms with E-state index in [4.69, 9.17) is 0 Å². The van der Waals surface area contributed by atoms with Gasteiger partial charge in [0.25, 0.3) is 0 Å². The topological polar surface area (TPSA) is 76.0 Å². The van der Waals surface area contributed by atoms with Crippen LogP contribution in [0.5, 0.6) is 0 Å². The maximum absolute atomic E-state index is 12.2. The van der Waals surface area contributed by atoms with Gasteiger partial charge in [0.2, 0.25) is 10.0 Å². The number of hydrogen-bond donors (Lipinski definition) is 2. The van der Waals surface area contributed by atoms with Crippen LogP contribution in [0.1, 0.15) is 12.7 Å². The van der Waals surface area contributed by atoms with Crippen molar-refractivity contribution in [3.63, 3.8) is 0 Å². The van der Waals surface area contributed by atoms with Gasteiger partial charge in [-0.05, 0) is 31.2 Å². The third-order valence-corrected chi connectivity index (χ3v) is 4.58. The summed E-state index contributed by atoms with van der Waals surface area (Å²) in [6.07, 6.45) is 4.09. The fraction of sp³-hybridized carbons (Fsp3) is 0.357. The molecule has 21 heavy (non-hydrogen) atoms. The molecule has 2 N–H and O–H groups in total. The quantitative estimate of drug-likeness (QED) is 0.810. The molecule has 114 valence electrons. The number of imidazole rings is 1. The zero-order valence-corrected chi connectivity index (χ0v) is 13.0. The molecule has 0 amide bonds. The summed E-state index contributed by atoms with van der Waals surface area (Å²) in [5.74, 6) is 0.847. The van der Waals surface area contributed by atoms with Crippen LogP contribution in [0.3, 0.4) is 0 Å². The second-order valence-corrected chi connectivity index (χ2v) is 6.42. The minimum atomic E-state index is -3.47. The minimum absolute atomic E-state index is 0.268. The summed E-state index contributed by atoms with van der Waals surface area (Å²) < 4.78 is 28.8. The van der Waals surface area contributed by atoms with Crippen molar-refractivity contribution in [2.45, 2.75) is 18.2 Å². The Balaban J connectivity index is 1.96. The summed E-state index contributed by atoms with van der Waals surface area (Å²) in [6.45, 7) is 3.11. The number of benzene rings is 1. The molecule has 0 saturated heterocycles. The van der Waals surface area contributed by atoms with E-state index in [1.165, 1.54) is 0 Å². The van der Waals surface area contributed by atoms with Crippen molar-refractivity contribution < 1.29 is 8.42 Å². The highest BCUT2D eigenvalue weighted by atomic mass is 32.2. The second kappa shape index (κ2) is 6.73. The fourth-order valence-electron chi connectivity index (χ4n) is 1.97. The smallest absolute Gasteiger partial charge is 0.240 e. The van der Waals surface area contributed by atoms with E-state index in [0.29, 0.717) is 13.0 Å². The highest BCUT2D eigenvalue weighted by Crippen LogP contribution is 2.13. The van der Waals surface area contributed by atoms with E-state index in [-0.39, 0.29) is 4.90 Å². The summed E-state index contributed by atoms with van der Waals surface area (Å²) in [6, 6.07) is 6.72. The van der Waals surface area contributed by atoms with Crippen molar-refractivity contribution >= 4 is 15.7 Å². The van der Waals surface area contributed by atoms with Crippen LogP contribution in [0, 0.1) is 0 Å². The SMILES string of the molecule is CCNc1ccc(S(=O)(=O)NCCc2nccn2C)cc1. The Kier molecular flexibility index (Phi) is 4.98. The standard InChI is InChI=1S/C14H20N4O2S/c1-3-15-12-4-6-13(7-5-12)21(19,20)17-9-8-14-16-10-11-18(14)2/h4-7,10-11,15,17H,3,8-9H2,1-2H3. The van der Waals surface area contributed by atoms with E-state index in [0.717, 1.165) is 18.1 Å². The zero-order valence-electron chi connectivity index (χ0n) is 12.2. The van der Waals surface area contributed by atoms with Crippen LogP contribution in [0.25, 0.3) is 0 Å². The van der Waals surface area contributed by atoms with Gasteiger partial charge in [0, 0.05) is 44.6 Å². The third-order valence-electron chi connectivity index (χ3n) is 3.11. The van der Waals surface area contributed by atoms with Crippen LogP contribution >= 0.6 is 0 Å². The molecule has 1 aromatic carbocycles. The van der Waals surface area contributed by atoms with Gasteiger partial charge in [-0.1, -0.05) is 0 Å². The van der Waals surface area contributed by atoms with Crippen LogP contribution in [0.4, 0.5) is 5.69 Å². The third kappa shape index (κ3) is 4.05. The van der Waals surface area contributed by atoms with E-state index in [2.05, 4.69) is 15.0 Å². The first-order chi connectivity index (χ1) is 10.0. The van der Waals surface area contributed by atoms with Crippen molar-refractivity contribution in [2.24, 2.45) is 7.05 Å². The molecule has 0 radical (unpaired) electrons. The Morgan fingerprint density at radius 2 is 1.95 bits per heavy atom. The van der Waals surface area contributed by atoms with Crippen molar-refractivity contribution in [3.05, 3.63) is 42.5 Å². The molecule has 0 atom stereocenters. The van der Waals surface area contributed by atoms with Crippen molar-refractivity contribution in [2.75, 3.05) is 18.4 Å². The predicted molar refractivity (Wildman–Crippen MR) is 82.7 cm³/mol. The van der Waals surface area contributed by atoms with Gasteiger partial charge in [0.15, 0.2) is 0 Å². The van der Waals surface area contributed by atoms with Crippen LogP contribution in [-0.2, 0) is 23.5 Å². The lowest BCUT2D eigenvalue weighted by Crippen LogP contribution is -2.26. The average Bonchev–Trinajstić information content (AvgIpc) is 2.85. The first-order valence-corrected chi connectivity index (χ1v) is 8.31. The van der Waals surface area contributed by atoms with Crippen LogP contribution in [0.15, 0.2) is 41.6 Å². The zero-order chi connectivity index (χ0) is 15.3. The molecule has 0 spiro atoms. The van der Waals surface area contributed by atoms with Gasteiger partial charge in [-0.25, -0.2) is 18.1 Å². The van der Waals surface area contributed by atoms with Gasteiger partial charge in [-0.15, -0.1) is 0 Å². The molecule has 0 saturated carbocycles. The Labute approximate surface area is 125 Å². The molecule has 0 fully saturated rings. The van der Waals surface area contributed by atoms with Gasteiger partial charge in [-0.2, -0.15) is 0 Å². The van der Waals surface area contributed by atoms with Crippen molar-refractivity contribution in [3.8, 4) is 0 Å². The number of hydrogen-bond acceptors (Lipinski definition) is 4. The summed E-state index contributed by atoms with van der Waals surface area (Å²) in [5.41, 5.74) is 0.907.